The summed E-state index contributed by atoms with van der Waals surface area (Å²) in [4.78, 5) is 23.3. The van der Waals surface area contributed by atoms with Crippen LogP contribution in [-0.2, 0) is 0 Å². The molecule has 30 heavy (non-hydrogen) atoms. The number of nitro groups is 2. The first-order valence-electron chi connectivity index (χ1n) is 8.97. The van der Waals surface area contributed by atoms with Gasteiger partial charge in [-0.1, -0.05) is 71.2 Å². The normalized spacial score (nSPS) is 11.2. The molecule has 0 fully saturated rings. The second-order valence-corrected chi connectivity index (χ2v) is 8.76. The number of rotatable bonds is 4. The van der Waals surface area contributed by atoms with Gasteiger partial charge in [-0.3, -0.25) is 20.2 Å². The lowest BCUT2D eigenvalue weighted by atomic mass is 9.90. The number of fused-ring (bicyclic) bond motifs is 2. The van der Waals surface area contributed by atoms with E-state index in [4.69, 9.17) is 0 Å². The molecule has 0 aliphatic rings. The van der Waals surface area contributed by atoms with Gasteiger partial charge in [0.25, 0.3) is 0 Å². The first-order chi connectivity index (χ1) is 14.5. The summed E-state index contributed by atoms with van der Waals surface area (Å²) >= 11 is 2.30. The smallest absolute Gasteiger partial charge is 0.258 e. The van der Waals surface area contributed by atoms with E-state index in [0.29, 0.717) is 0 Å². The van der Waals surface area contributed by atoms with Crippen LogP contribution < -0.4 is 0 Å². The number of benzene rings is 3. The number of hydrogen-bond donors (Lipinski definition) is 0. The minimum absolute atomic E-state index is 0.0936. The Balaban J connectivity index is 1.91. The molecule has 0 aliphatic heterocycles. The van der Waals surface area contributed by atoms with Crippen molar-refractivity contribution >= 4 is 54.2 Å². The lowest BCUT2D eigenvalue weighted by molar-refractivity contribution is -0.380. The molecule has 0 unspecified atom stereocenters. The maximum absolute atomic E-state index is 11.2. The SMILES string of the molecule is O=[N+]([O-])c1ccc(-c2c3ccccc3c(-c3ccc([N+](=O)[O-])s3)c3ccccc23)s1. The molecule has 146 valence electrons. The molecule has 3 aromatic carbocycles. The fourth-order valence-electron chi connectivity index (χ4n) is 3.78. The van der Waals surface area contributed by atoms with Crippen molar-refractivity contribution in [1.29, 1.82) is 0 Å². The van der Waals surface area contributed by atoms with Crippen molar-refractivity contribution in [2.24, 2.45) is 0 Å². The van der Waals surface area contributed by atoms with Crippen LogP contribution in [-0.4, -0.2) is 9.85 Å². The second kappa shape index (κ2) is 7.01. The Bertz CT molecular complexity index is 1300. The topological polar surface area (TPSA) is 86.3 Å². The summed E-state index contributed by atoms with van der Waals surface area (Å²) in [5.74, 6) is 0. The molecule has 0 radical (unpaired) electrons. The molecule has 6 nitrogen and oxygen atoms in total. The molecule has 0 aliphatic carbocycles. The lowest BCUT2D eigenvalue weighted by Gasteiger charge is -2.15. The van der Waals surface area contributed by atoms with Gasteiger partial charge in [0.1, 0.15) is 0 Å². The van der Waals surface area contributed by atoms with Crippen LogP contribution in [0.25, 0.3) is 42.4 Å². The van der Waals surface area contributed by atoms with E-state index in [1.165, 1.54) is 12.1 Å². The standard InChI is InChI=1S/C22H12N2O4S2/c25-23(26)19-11-9-17(29-19)21-13-5-1-2-6-14(13)22(16-8-4-3-7-15(16)21)18-10-12-20(30-18)24(27)28/h1-12H. The molecule has 8 heteroatoms. The van der Waals surface area contributed by atoms with Gasteiger partial charge in [0.05, 0.1) is 9.85 Å². The first-order valence-corrected chi connectivity index (χ1v) is 10.6. The van der Waals surface area contributed by atoms with Crippen LogP contribution in [0, 0.1) is 20.2 Å². The Kier molecular flexibility index (Phi) is 4.30. The quantitative estimate of drug-likeness (QED) is 0.170. The average Bonchev–Trinajstić information content (AvgIpc) is 3.42. The van der Waals surface area contributed by atoms with Crippen LogP contribution >= 0.6 is 22.7 Å². The van der Waals surface area contributed by atoms with E-state index in [-0.39, 0.29) is 19.8 Å². The molecule has 2 aromatic heterocycles. The third kappa shape index (κ3) is 2.85. The van der Waals surface area contributed by atoms with Crippen LogP contribution in [0.4, 0.5) is 10.0 Å². The minimum Gasteiger partial charge on any atom is -0.258 e. The highest BCUT2D eigenvalue weighted by atomic mass is 32.1. The van der Waals surface area contributed by atoms with Crippen molar-refractivity contribution in [2.45, 2.75) is 0 Å². The Morgan fingerprint density at radius 2 is 0.867 bits per heavy atom. The molecule has 0 saturated heterocycles. The summed E-state index contributed by atoms with van der Waals surface area (Å²) in [5.41, 5.74) is 1.88. The molecule has 0 bridgehead atoms. The van der Waals surface area contributed by atoms with Crippen molar-refractivity contribution in [2.75, 3.05) is 0 Å². The molecule has 0 amide bonds. The number of thiophene rings is 2. The Labute approximate surface area is 177 Å². The molecule has 0 saturated carbocycles. The van der Waals surface area contributed by atoms with Gasteiger partial charge in [-0.05, 0) is 33.7 Å². The van der Waals surface area contributed by atoms with Gasteiger partial charge in [-0.15, -0.1) is 0 Å². The van der Waals surface area contributed by atoms with Gasteiger partial charge < -0.3 is 0 Å². The second-order valence-electron chi connectivity index (χ2n) is 6.63. The summed E-state index contributed by atoms with van der Waals surface area (Å²) in [6.45, 7) is 0. The van der Waals surface area contributed by atoms with Crippen molar-refractivity contribution in [3.63, 3.8) is 0 Å². The zero-order chi connectivity index (χ0) is 20.8. The number of hydrogen-bond acceptors (Lipinski definition) is 6. The van der Waals surface area contributed by atoms with Gasteiger partial charge in [-0.2, -0.15) is 0 Å². The molecule has 5 rings (SSSR count). The lowest BCUT2D eigenvalue weighted by Crippen LogP contribution is -1.88. The van der Waals surface area contributed by atoms with Crippen LogP contribution in [0.2, 0.25) is 0 Å². The van der Waals surface area contributed by atoms with E-state index >= 15 is 0 Å². The maximum atomic E-state index is 11.2. The first kappa shape index (κ1) is 18.4. The highest BCUT2D eigenvalue weighted by molar-refractivity contribution is 7.19. The zero-order valence-corrected chi connectivity index (χ0v) is 16.9. The Morgan fingerprint density at radius 3 is 1.13 bits per heavy atom. The molecule has 0 atom stereocenters. The van der Waals surface area contributed by atoms with Crippen molar-refractivity contribution < 1.29 is 9.85 Å². The predicted molar refractivity (Wildman–Crippen MR) is 121 cm³/mol. The van der Waals surface area contributed by atoms with Crippen LogP contribution in [0.3, 0.4) is 0 Å². The Hall–Kier alpha value is -3.62. The van der Waals surface area contributed by atoms with Crippen LogP contribution in [0.5, 0.6) is 0 Å². The summed E-state index contributed by atoms with van der Waals surface area (Å²) in [6.07, 6.45) is 0. The van der Waals surface area contributed by atoms with Gasteiger partial charge in [0, 0.05) is 33.0 Å². The van der Waals surface area contributed by atoms with Gasteiger partial charge >= 0.3 is 10.0 Å². The fraction of sp³-hybridized carbons (Fsp3) is 0. The summed E-state index contributed by atoms with van der Waals surface area (Å²) in [5, 5.41) is 26.5. The van der Waals surface area contributed by atoms with E-state index in [9.17, 15) is 20.2 Å². The highest BCUT2D eigenvalue weighted by Gasteiger charge is 2.21. The molecule has 0 N–H and O–H groups in total. The predicted octanol–water partition coefficient (Wildman–Crippen LogP) is 7.27. The van der Waals surface area contributed by atoms with Crippen molar-refractivity contribution in [3.8, 4) is 20.9 Å². The summed E-state index contributed by atoms with van der Waals surface area (Å²) < 4.78 is 0. The monoisotopic (exact) mass is 432 g/mol. The molecule has 0 spiro atoms. The maximum Gasteiger partial charge on any atom is 0.324 e. The molecular formula is C22H12N2O4S2. The van der Waals surface area contributed by atoms with E-state index in [2.05, 4.69) is 0 Å². The Morgan fingerprint density at radius 1 is 0.533 bits per heavy atom. The minimum atomic E-state index is -0.377. The van der Waals surface area contributed by atoms with Crippen LogP contribution in [0.15, 0.2) is 72.8 Å². The molecular weight excluding hydrogens is 420 g/mol. The van der Waals surface area contributed by atoms with Crippen LogP contribution in [0.1, 0.15) is 0 Å². The third-order valence-electron chi connectivity index (χ3n) is 4.97. The van der Waals surface area contributed by atoms with Crippen molar-refractivity contribution in [1.82, 2.24) is 0 Å². The largest absolute Gasteiger partial charge is 0.324 e. The average molecular weight is 432 g/mol. The third-order valence-corrected chi connectivity index (χ3v) is 7.08. The van der Waals surface area contributed by atoms with Gasteiger partial charge in [-0.25, -0.2) is 0 Å². The van der Waals surface area contributed by atoms with E-state index in [1.54, 1.807) is 12.1 Å². The summed E-state index contributed by atoms with van der Waals surface area (Å²) in [7, 11) is 0. The van der Waals surface area contributed by atoms with Gasteiger partial charge in [0.2, 0.25) is 0 Å². The fourth-order valence-corrected chi connectivity index (χ4v) is 5.57. The van der Waals surface area contributed by atoms with Crippen molar-refractivity contribution in [3.05, 3.63) is 93.0 Å². The molecule has 2 heterocycles. The number of nitrogens with zero attached hydrogens (tertiary/aromatic N) is 2. The van der Waals surface area contributed by atoms with Gasteiger partial charge in [0.15, 0.2) is 0 Å². The van der Waals surface area contributed by atoms with E-state index in [0.717, 1.165) is 65.1 Å². The molecule has 5 aromatic rings. The van der Waals surface area contributed by atoms with E-state index in [1.807, 2.05) is 48.5 Å². The zero-order valence-electron chi connectivity index (χ0n) is 15.3. The van der Waals surface area contributed by atoms with E-state index < -0.39 is 0 Å². The summed E-state index contributed by atoms with van der Waals surface area (Å²) in [6, 6.07) is 22.3. The highest BCUT2D eigenvalue weighted by Crippen LogP contribution is 2.47.